The molecule has 0 spiro atoms. The van der Waals surface area contributed by atoms with Gasteiger partial charge < -0.3 is 15.0 Å². The van der Waals surface area contributed by atoms with Gasteiger partial charge in [-0.05, 0) is 30.2 Å². The zero-order valence-corrected chi connectivity index (χ0v) is 14.0. The van der Waals surface area contributed by atoms with Crippen molar-refractivity contribution < 1.29 is 13.9 Å². The van der Waals surface area contributed by atoms with Gasteiger partial charge in [0, 0.05) is 31.5 Å². The minimum atomic E-state index is -0.664. The van der Waals surface area contributed by atoms with Gasteiger partial charge >= 0.3 is 0 Å². The third kappa shape index (κ3) is 4.32. The number of aryl methyl sites for hydroxylation is 1. The second kappa shape index (κ2) is 7.58. The predicted molar refractivity (Wildman–Crippen MR) is 92.2 cm³/mol. The van der Waals surface area contributed by atoms with Crippen LogP contribution >= 0.6 is 0 Å². The molecule has 1 fully saturated rings. The number of rotatable bonds is 4. The Kier molecular flexibility index (Phi) is 5.25. The van der Waals surface area contributed by atoms with E-state index in [2.05, 4.69) is 15.2 Å². The highest BCUT2D eigenvalue weighted by Crippen LogP contribution is 2.19. The number of pyridine rings is 1. The molecule has 3 rings (SSSR count). The van der Waals surface area contributed by atoms with Crippen molar-refractivity contribution in [3.8, 4) is 0 Å². The number of hydrogen-bond acceptors (Lipinski definition) is 4. The quantitative estimate of drug-likeness (QED) is 0.888. The van der Waals surface area contributed by atoms with E-state index in [4.69, 9.17) is 4.74 Å². The molecule has 0 bridgehead atoms. The SMILES string of the molecule is Cc1ccc(CN2CCOCC2)cc1NC(=O)c1cc(F)c[nH]c1=O. The number of hydrogen-bond donors (Lipinski definition) is 2. The largest absolute Gasteiger partial charge is 0.379 e. The third-order valence-corrected chi connectivity index (χ3v) is 4.17. The van der Waals surface area contributed by atoms with Crippen LogP contribution in [0.25, 0.3) is 0 Å². The Labute approximate surface area is 144 Å². The molecule has 0 aliphatic carbocycles. The van der Waals surface area contributed by atoms with Gasteiger partial charge in [0.15, 0.2) is 0 Å². The van der Waals surface area contributed by atoms with E-state index < -0.39 is 17.3 Å². The maximum Gasteiger partial charge on any atom is 0.261 e. The summed E-state index contributed by atoms with van der Waals surface area (Å²) in [7, 11) is 0. The lowest BCUT2D eigenvalue weighted by Gasteiger charge is -2.26. The molecule has 0 radical (unpaired) electrons. The molecule has 1 aromatic heterocycles. The summed E-state index contributed by atoms with van der Waals surface area (Å²) in [5.74, 6) is -1.30. The average molecular weight is 345 g/mol. The number of benzene rings is 1. The summed E-state index contributed by atoms with van der Waals surface area (Å²) in [6, 6.07) is 6.74. The zero-order chi connectivity index (χ0) is 17.8. The number of morpholine rings is 1. The second-order valence-corrected chi connectivity index (χ2v) is 6.05. The summed E-state index contributed by atoms with van der Waals surface area (Å²) in [5.41, 5.74) is 1.65. The number of anilines is 1. The Bertz CT molecular complexity index is 829. The molecule has 2 aromatic rings. The lowest BCUT2D eigenvalue weighted by atomic mass is 10.1. The van der Waals surface area contributed by atoms with Gasteiger partial charge in [-0.2, -0.15) is 0 Å². The number of aromatic amines is 1. The summed E-state index contributed by atoms with van der Waals surface area (Å²) >= 11 is 0. The van der Waals surface area contributed by atoms with Crippen molar-refractivity contribution in [3.63, 3.8) is 0 Å². The molecule has 6 nitrogen and oxygen atoms in total. The first kappa shape index (κ1) is 17.3. The molecule has 1 aliphatic heterocycles. The Hall–Kier alpha value is -2.51. The van der Waals surface area contributed by atoms with Gasteiger partial charge in [-0.15, -0.1) is 0 Å². The number of nitrogens with one attached hydrogen (secondary N) is 2. The first-order valence-corrected chi connectivity index (χ1v) is 8.12. The van der Waals surface area contributed by atoms with Gasteiger partial charge in [0.2, 0.25) is 0 Å². The molecule has 132 valence electrons. The van der Waals surface area contributed by atoms with Crippen LogP contribution in [0.3, 0.4) is 0 Å². The molecule has 1 amide bonds. The van der Waals surface area contributed by atoms with E-state index in [9.17, 15) is 14.0 Å². The molecule has 0 saturated carbocycles. The smallest absolute Gasteiger partial charge is 0.261 e. The van der Waals surface area contributed by atoms with E-state index in [-0.39, 0.29) is 5.56 Å². The van der Waals surface area contributed by atoms with Crippen LogP contribution in [0.1, 0.15) is 21.5 Å². The highest BCUT2D eigenvalue weighted by Gasteiger charge is 2.15. The van der Waals surface area contributed by atoms with Crippen LogP contribution in [0, 0.1) is 12.7 Å². The van der Waals surface area contributed by atoms with Crippen molar-refractivity contribution in [1.29, 1.82) is 0 Å². The fourth-order valence-corrected chi connectivity index (χ4v) is 2.74. The molecule has 1 saturated heterocycles. The number of aromatic nitrogens is 1. The first-order valence-electron chi connectivity index (χ1n) is 8.12. The van der Waals surface area contributed by atoms with E-state index in [0.717, 1.165) is 56.2 Å². The van der Waals surface area contributed by atoms with Crippen molar-refractivity contribution in [1.82, 2.24) is 9.88 Å². The van der Waals surface area contributed by atoms with Crippen LogP contribution < -0.4 is 10.9 Å². The zero-order valence-electron chi connectivity index (χ0n) is 14.0. The topological polar surface area (TPSA) is 74.4 Å². The van der Waals surface area contributed by atoms with E-state index >= 15 is 0 Å². The van der Waals surface area contributed by atoms with Gasteiger partial charge in [0.1, 0.15) is 11.4 Å². The first-order chi connectivity index (χ1) is 12.0. The molecule has 25 heavy (non-hydrogen) atoms. The van der Waals surface area contributed by atoms with Gasteiger partial charge in [-0.3, -0.25) is 14.5 Å². The van der Waals surface area contributed by atoms with Crippen molar-refractivity contribution in [3.05, 3.63) is 63.3 Å². The maximum absolute atomic E-state index is 13.3. The van der Waals surface area contributed by atoms with Gasteiger partial charge in [-0.25, -0.2) is 4.39 Å². The number of ether oxygens (including phenoxy) is 1. The Morgan fingerprint density at radius 3 is 2.84 bits per heavy atom. The second-order valence-electron chi connectivity index (χ2n) is 6.05. The number of halogens is 1. The van der Waals surface area contributed by atoms with Crippen LogP contribution in [0.5, 0.6) is 0 Å². The Balaban J connectivity index is 1.77. The number of H-pyrrole nitrogens is 1. The number of carbonyl (C=O) groups excluding carboxylic acids is 1. The van der Waals surface area contributed by atoms with Crippen molar-refractivity contribution in [2.45, 2.75) is 13.5 Å². The predicted octanol–water partition coefficient (Wildman–Crippen LogP) is 1.91. The van der Waals surface area contributed by atoms with Crippen LogP contribution in [0.2, 0.25) is 0 Å². The number of nitrogens with zero attached hydrogens (tertiary/aromatic N) is 1. The standard InChI is InChI=1S/C18H20FN3O3/c1-12-2-3-13(11-22-4-6-25-7-5-22)8-16(12)21-18(24)15-9-14(19)10-20-17(15)23/h2-3,8-10H,4-7,11H2,1H3,(H,20,23)(H,21,24). The number of amides is 1. The van der Waals surface area contributed by atoms with Crippen LogP contribution in [0.15, 0.2) is 35.3 Å². The molecular formula is C18H20FN3O3. The molecule has 0 atom stereocenters. The fraction of sp³-hybridized carbons (Fsp3) is 0.333. The highest BCUT2D eigenvalue weighted by molar-refractivity contribution is 6.04. The van der Waals surface area contributed by atoms with Crippen LogP contribution in [0.4, 0.5) is 10.1 Å². The average Bonchev–Trinajstić information content (AvgIpc) is 2.61. The fourth-order valence-electron chi connectivity index (χ4n) is 2.74. The summed E-state index contributed by atoms with van der Waals surface area (Å²) in [6.45, 7) is 5.80. The van der Waals surface area contributed by atoms with E-state index in [0.29, 0.717) is 5.69 Å². The van der Waals surface area contributed by atoms with Gasteiger partial charge in [0.25, 0.3) is 11.5 Å². The molecule has 1 aromatic carbocycles. The summed E-state index contributed by atoms with van der Waals surface area (Å²) in [6.07, 6.45) is 0.924. The third-order valence-electron chi connectivity index (χ3n) is 4.17. The molecule has 2 N–H and O–H groups in total. The normalized spacial score (nSPS) is 15.1. The molecule has 7 heteroatoms. The van der Waals surface area contributed by atoms with E-state index in [1.807, 2.05) is 25.1 Å². The minimum absolute atomic E-state index is 0.252. The summed E-state index contributed by atoms with van der Waals surface area (Å²) < 4.78 is 18.6. The van der Waals surface area contributed by atoms with Crippen molar-refractivity contribution >= 4 is 11.6 Å². The highest BCUT2D eigenvalue weighted by atomic mass is 19.1. The molecule has 0 unspecified atom stereocenters. The maximum atomic E-state index is 13.3. The number of carbonyl (C=O) groups is 1. The monoisotopic (exact) mass is 345 g/mol. The van der Waals surface area contributed by atoms with Crippen molar-refractivity contribution in [2.75, 3.05) is 31.6 Å². The van der Waals surface area contributed by atoms with E-state index in [1.54, 1.807) is 0 Å². The lowest BCUT2D eigenvalue weighted by molar-refractivity contribution is 0.0342. The Morgan fingerprint density at radius 1 is 1.32 bits per heavy atom. The summed E-state index contributed by atoms with van der Waals surface area (Å²) in [4.78, 5) is 28.5. The van der Waals surface area contributed by atoms with Crippen LogP contribution in [-0.2, 0) is 11.3 Å². The molecule has 1 aliphatic rings. The van der Waals surface area contributed by atoms with Gasteiger partial charge in [-0.1, -0.05) is 12.1 Å². The lowest BCUT2D eigenvalue weighted by Crippen LogP contribution is -2.35. The minimum Gasteiger partial charge on any atom is -0.379 e. The Morgan fingerprint density at radius 2 is 2.08 bits per heavy atom. The molecular weight excluding hydrogens is 325 g/mol. The van der Waals surface area contributed by atoms with E-state index in [1.165, 1.54) is 0 Å². The van der Waals surface area contributed by atoms with Crippen molar-refractivity contribution in [2.24, 2.45) is 0 Å². The van der Waals surface area contributed by atoms with Gasteiger partial charge in [0.05, 0.1) is 13.2 Å². The van der Waals surface area contributed by atoms with Crippen LogP contribution in [-0.4, -0.2) is 42.1 Å². The summed E-state index contributed by atoms with van der Waals surface area (Å²) in [5, 5.41) is 2.70. The molecule has 2 heterocycles.